The molecule has 0 saturated carbocycles. The van der Waals surface area contributed by atoms with Crippen molar-refractivity contribution in [3.63, 3.8) is 0 Å². The minimum atomic E-state index is -0.847. The van der Waals surface area contributed by atoms with Crippen LogP contribution in [-0.4, -0.2) is 17.5 Å². The molecular formula is C9H10FN3O3. The molecule has 0 aromatic heterocycles. The van der Waals surface area contributed by atoms with Gasteiger partial charge in [-0.05, 0) is 13.0 Å². The number of urea groups is 1. The normalized spacial score (nSPS) is 9.62. The maximum Gasteiger partial charge on any atom is 0.319 e. The molecule has 0 fully saturated rings. The highest BCUT2D eigenvalue weighted by Crippen LogP contribution is 2.20. The van der Waals surface area contributed by atoms with Crippen LogP contribution in [-0.2, 0) is 0 Å². The van der Waals surface area contributed by atoms with Crippen LogP contribution < -0.4 is 10.6 Å². The van der Waals surface area contributed by atoms with Gasteiger partial charge in [0.2, 0.25) is 0 Å². The Labute approximate surface area is 90.6 Å². The van der Waals surface area contributed by atoms with Crippen molar-refractivity contribution >= 4 is 17.4 Å². The van der Waals surface area contributed by atoms with Crippen molar-refractivity contribution in [1.82, 2.24) is 5.32 Å². The predicted octanol–water partition coefficient (Wildman–Crippen LogP) is 1.88. The smallest absolute Gasteiger partial charge is 0.319 e. The van der Waals surface area contributed by atoms with E-state index in [1.54, 1.807) is 6.92 Å². The van der Waals surface area contributed by atoms with Gasteiger partial charge < -0.3 is 10.6 Å². The Kier molecular flexibility index (Phi) is 3.76. The molecule has 0 heterocycles. The summed E-state index contributed by atoms with van der Waals surface area (Å²) in [5.74, 6) is -0.847. The highest BCUT2D eigenvalue weighted by atomic mass is 19.1. The van der Waals surface area contributed by atoms with Gasteiger partial charge >= 0.3 is 6.03 Å². The van der Waals surface area contributed by atoms with E-state index in [9.17, 15) is 19.3 Å². The van der Waals surface area contributed by atoms with Gasteiger partial charge in [-0.15, -0.1) is 0 Å². The summed E-state index contributed by atoms with van der Waals surface area (Å²) in [6, 6.07) is 2.45. The van der Waals surface area contributed by atoms with Crippen molar-refractivity contribution in [1.29, 1.82) is 0 Å². The summed E-state index contributed by atoms with van der Waals surface area (Å²) >= 11 is 0. The Balaban J connectivity index is 2.83. The number of halogens is 1. The van der Waals surface area contributed by atoms with Crippen LogP contribution in [0.15, 0.2) is 18.2 Å². The molecule has 16 heavy (non-hydrogen) atoms. The molecule has 86 valence electrons. The van der Waals surface area contributed by atoms with E-state index in [0.717, 1.165) is 18.2 Å². The number of amides is 2. The summed E-state index contributed by atoms with van der Waals surface area (Å²) in [5, 5.41) is 15.0. The van der Waals surface area contributed by atoms with E-state index in [2.05, 4.69) is 10.6 Å². The molecule has 1 aromatic carbocycles. The zero-order valence-electron chi connectivity index (χ0n) is 8.49. The second kappa shape index (κ2) is 5.06. The van der Waals surface area contributed by atoms with Crippen molar-refractivity contribution in [3.05, 3.63) is 34.1 Å². The number of nitro groups is 1. The fourth-order valence-corrected chi connectivity index (χ4v) is 1.05. The number of carbonyl (C=O) groups excluding carboxylic acids is 1. The van der Waals surface area contributed by atoms with E-state index in [1.165, 1.54) is 0 Å². The van der Waals surface area contributed by atoms with E-state index < -0.39 is 16.8 Å². The fraction of sp³-hybridized carbons (Fsp3) is 0.222. The average molecular weight is 227 g/mol. The number of rotatable bonds is 3. The lowest BCUT2D eigenvalue weighted by Gasteiger charge is -2.06. The van der Waals surface area contributed by atoms with E-state index in [1.807, 2.05) is 0 Å². The third-order valence-electron chi connectivity index (χ3n) is 1.75. The van der Waals surface area contributed by atoms with Crippen LogP contribution in [0.2, 0.25) is 0 Å². The first-order valence-corrected chi connectivity index (χ1v) is 4.53. The number of non-ortho nitro benzene ring substituents is 1. The average Bonchev–Trinajstić information content (AvgIpc) is 2.21. The third kappa shape index (κ3) is 2.91. The van der Waals surface area contributed by atoms with Gasteiger partial charge in [0.1, 0.15) is 0 Å². The monoisotopic (exact) mass is 227 g/mol. The minimum Gasteiger partial charge on any atom is -0.338 e. The van der Waals surface area contributed by atoms with Gasteiger partial charge in [0.05, 0.1) is 16.7 Å². The first-order valence-electron chi connectivity index (χ1n) is 4.53. The van der Waals surface area contributed by atoms with E-state index in [4.69, 9.17) is 0 Å². The summed E-state index contributed by atoms with van der Waals surface area (Å²) in [5.41, 5.74) is -0.463. The number of hydrogen-bond acceptors (Lipinski definition) is 3. The predicted molar refractivity (Wildman–Crippen MR) is 55.7 cm³/mol. The first-order chi connectivity index (χ1) is 7.54. The second-order valence-electron chi connectivity index (χ2n) is 2.91. The molecule has 0 aliphatic carbocycles. The van der Waals surface area contributed by atoms with E-state index >= 15 is 0 Å². The number of benzene rings is 1. The van der Waals surface area contributed by atoms with Crippen LogP contribution in [0.4, 0.5) is 20.6 Å². The molecule has 0 radical (unpaired) electrons. The third-order valence-corrected chi connectivity index (χ3v) is 1.75. The number of nitro benzene ring substituents is 1. The van der Waals surface area contributed by atoms with Crippen LogP contribution in [0.3, 0.4) is 0 Å². The molecular weight excluding hydrogens is 217 g/mol. The number of carbonyl (C=O) groups is 1. The van der Waals surface area contributed by atoms with Crippen LogP contribution in [0, 0.1) is 15.9 Å². The SMILES string of the molecule is CCNC(=O)Nc1ccc([N+](=O)[O-])cc1F. The molecule has 0 unspecified atom stereocenters. The molecule has 0 aliphatic rings. The maximum absolute atomic E-state index is 13.3. The lowest BCUT2D eigenvalue weighted by atomic mass is 10.2. The first kappa shape index (κ1) is 11.9. The van der Waals surface area contributed by atoms with Crippen LogP contribution in [0.25, 0.3) is 0 Å². The molecule has 1 aromatic rings. The molecule has 6 nitrogen and oxygen atoms in total. The van der Waals surface area contributed by atoms with Crippen LogP contribution in [0.5, 0.6) is 0 Å². The standard InChI is InChI=1S/C9H10FN3O3/c1-2-11-9(14)12-8-4-3-6(13(15)16)5-7(8)10/h3-5H,2H2,1H3,(H2,11,12,14). The van der Waals surface area contributed by atoms with Crippen LogP contribution in [0.1, 0.15) is 6.92 Å². The van der Waals surface area contributed by atoms with Crippen molar-refractivity contribution in [2.24, 2.45) is 0 Å². The molecule has 2 amide bonds. The molecule has 7 heteroatoms. The Bertz CT molecular complexity index is 422. The van der Waals surface area contributed by atoms with Gasteiger partial charge in [0.15, 0.2) is 5.82 Å². The number of nitrogens with zero attached hydrogens (tertiary/aromatic N) is 1. The number of nitrogens with one attached hydrogen (secondary N) is 2. The van der Waals surface area contributed by atoms with Gasteiger partial charge in [0, 0.05) is 12.6 Å². The quantitative estimate of drug-likeness (QED) is 0.610. The Morgan fingerprint density at radius 1 is 1.56 bits per heavy atom. The minimum absolute atomic E-state index is 0.100. The highest BCUT2D eigenvalue weighted by Gasteiger charge is 2.11. The molecule has 2 N–H and O–H groups in total. The van der Waals surface area contributed by atoms with Gasteiger partial charge in [-0.2, -0.15) is 0 Å². The maximum atomic E-state index is 13.3. The molecule has 0 spiro atoms. The molecule has 0 aliphatic heterocycles. The van der Waals surface area contributed by atoms with E-state index in [-0.39, 0.29) is 11.4 Å². The Morgan fingerprint density at radius 3 is 2.75 bits per heavy atom. The van der Waals surface area contributed by atoms with E-state index in [0.29, 0.717) is 6.54 Å². The number of anilines is 1. The Morgan fingerprint density at radius 2 is 2.25 bits per heavy atom. The highest BCUT2D eigenvalue weighted by molar-refractivity contribution is 5.89. The molecule has 1 rings (SSSR count). The second-order valence-corrected chi connectivity index (χ2v) is 2.91. The summed E-state index contributed by atoms with van der Waals surface area (Å²) in [7, 11) is 0. The Hall–Kier alpha value is -2.18. The van der Waals surface area contributed by atoms with Crippen molar-refractivity contribution in [3.8, 4) is 0 Å². The topological polar surface area (TPSA) is 84.3 Å². The summed E-state index contributed by atoms with van der Waals surface area (Å²) < 4.78 is 13.3. The molecule has 0 atom stereocenters. The molecule has 0 bridgehead atoms. The zero-order chi connectivity index (χ0) is 12.1. The van der Waals surface area contributed by atoms with Crippen molar-refractivity contribution in [2.45, 2.75) is 6.92 Å². The largest absolute Gasteiger partial charge is 0.338 e. The number of hydrogen-bond donors (Lipinski definition) is 2. The summed E-state index contributed by atoms with van der Waals surface area (Å²) in [4.78, 5) is 20.7. The fourth-order valence-electron chi connectivity index (χ4n) is 1.05. The van der Waals surface area contributed by atoms with Gasteiger partial charge in [-0.1, -0.05) is 0 Å². The van der Waals surface area contributed by atoms with Crippen LogP contribution >= 0.6 is 0 Å². The summed E-state index contributed by atoms with van der Waals surface area (Å²) in [6.45, 7) is 2.12. The van der Waals surface area contributed by atoms with Crippen molar-refractivity contribution < 1.29 is 14.1 Å². The van der Waals surface area contributed by atoms with Crippen molar-refractivity contribution in [2.75, 3.05) is 11.9 Å². The molecule has 0 saturated heterocycles. The summed E-state index contributed by atoms with van der Waals surface area (Å²) in [6.07, 6.45) is 0. The lowest BCUT2D eigenvalue weighted by Crippen LogP contribution is -2.28. The van der Waals surface area contributed by atoms with Gasteiger partial charge in [-0.25, -0.2) is 9.18 Å². The van der Waals surface area contributed by atoms with Gasteiger partial charge in [0.25, 0.3) is 5.69 Å². The van der Waals surface area contributed by atoms with Gasteiger partial charge in [-0.3, -0.25) is 10.1 Å². The zero-order valence-corrected chi connectivity index (χ0v) is 8.49. The lowest BCUT2D eigenvalue weighted by molar-refractivity contribution is -0.385.